The number of allylic oxidation sites excluding steroid dienone is 2. The smallest absolute Gasteiger partial charge is 0.0711 e. The number of nitrogens with one attached hydrogen (secondary N) is 1. The predicted molar refractivity (Wildman–Crippen MR) is 68.0 cm³/mol. The quantitative estimate of drug-likeness (QED) is 0.531. The van der Waals surface area contributed by atoms with Gasteiger partial charge in [-0.2, -0.15) is 0 Å². The van der Waals surface area contributed by atoms with E-state index in [-0.39, 0.29) is 0 Å². The standard InChI is InChI=1S/C12H23NS/c1-7-10(6)11(8(2)3)14-12(13)9(4)5/h8-9,13H,7H2,1-6H3/b11-10-,13-12?. The van der Waals surface area contributed by atoms with Crippen LogP contribution >= 0.6 is 11.8 Å². The molecule has 0 aliphatic heterocycles. The molecule has 0 bridgehead atoms. The number of hydrogen-bond donors (Lipinski definition) is 1. The molecule has 0 heterocycles. The van der Waals surface area contributed by atoms with Crippen molar-refractivity contribution in [2.24, 2.45) is 11.8 Å². The Kier molecular flexibility index (Phi) is 6.17. The molecule has 0 fully saturated rings. The Morgan fingerprint density at radius 2 is 1.64 bits per heavy atom. The topological polar surface area (TPSA) is 23.9 Å². The van der Waals surface area contributed by atoms with Crippen LogP contribution in [0.1, 0.15) is 48.0 Å². The van der Waals surface area contributed by atoms with Gasteiger partial charge in [-0.05, 0) is 24.2 Å². The molecule has 0 rings (SSSR count). The van der Waals surface area contributed by atoms with Gasteiger partial charge in [-0.1, -0.05) is 52.0 Å². The van der Waals surface area contributed by atoms with Gasteiger partial charge >= 0.3 is 0 Å². The summed E-state index contributed by atoms with van der Waals surface area (Å²) in [6, 6.07) is 0. The maximum absolute atomic E-state index is 7.86. The van der Waals surface area contributed by atoms with Gasteiger partial charge in [-0.15, -0.1) is 0 Å². The van der Waals surface area contributed by atoms with Crippen molar-refractivity contribution in [2.45, 2.75) is 48.0 Å². The second-order valence-electron chi connectivity index (χ2n) is 4.27. The monoisotopic (exact) mass is 213 g/mol. The third-order valence-electron chi connectivity index (χ3n) is 2.22. The Balaban J connectivity index is 4.64. The summed E-state index contributed by atoms with van der Waals surface area (Å²) >= 11 is 1.66. The van der Waals surface area contributed by atoms with Gasteiger partial charge in [0.25, 0.3) is 0 Å². The van der Waals surface area contributed by atoms with E-state index < -0.39 is 0 Å². The zero-order chi connectivity index (χ0) is 11.3. The van der Waals surface area contributed by atoms with Crippen LogP contribution in [0.25, 0.3) is 0 Å². The van der Waals surface area contributed by atoms with Crippen LogP contribution in [0.5, 0.6) is 0 Å². The summed E-state index contributed by atoms with van der Waals surface area (Å²) in [6.07, 6.45) is 1.09. The molecule has 0 unspecified atom stereocenters. The van der Waals surface area contributed by atoms with E-state index in [1.54, 1.807) is 11.8 Å². The Morgan fingerprint density at radius 3 is 1.93 bits per heavy atom. The summed E-state index contributed by atoms with van der Waals surface area (Å²) in [5.41, 5.74) is 1.43. The van der Waals surface area contributed by atoms with Gasteiger partial charge in [0, 0.05) is 5.92 Å². The van der Waals surface area contributed by atoms with Crippen molar-refractivity contribution < 1.29 is 0 Å². The average Bonchev–Trinajstić information content (AvgIpc) is 2.11. The Hall–Kier alpha value is -0.240. The van der Waals surface area contributed by atoms with Crippen LogP contribution in [0.15, 0.2) is 10.5 Å². The Morgan fingerprint density at radius 1 is 1.14 bits per heavy atom. The molecule has 82 valence electrons. The van der Waals surface area contributed by atoms with Crippen molar-refractivity contribution >= 4 is 16.8 Å². The molecule has 0 amide bonds. The van der Waals surface area contributed by atoms with Crippen molar-refractivity contribution in [1.82, 2.24) is 0 Å². The maximum atomic E-state index is 7.86. The highest BCUT2D eigenvalue weighted by Gasteiger charge is 2.12. The second-order valence-corrected chi connectivity index (χ2v) is 5.36. The minimum absolute atomic E-state index is 0.346. The molecule has 0 aliphatic rings. The van der Waals surface area contributed by atoms with E-state index in [4.69, 9.17) is 5.41 Å². The van der Waals surface area contributed by atoms with E-state index in [0.717, 1.165) is 11.5 Å². The van der Waals surface area contributed by atoms with Gasteiger partial charge in [0.05, 0.1) is 5.04 Å². The largest absolute Gasteiger partial charge is 0.298 e. The van der Waals surface area contributed by atoms with E-state index in [0.29, 0.717) is 11.8 Å². The van der Waals surface area contributed by atoms with Crippen LogP contribution in [0.3, 0.4) is 0 Å². The zero-order valence-electron chi connectivity index (χ0n) is 10.3. The maximum Gasteiger partial charge on any atom is 0.0711 e. The van der Waals surface area contributed by atoms with Gasteiger partial charge in [-0.3, -0.25) is 5.41 Å². The predicted octanol–water partition coefficient (Wildman–Crippen LogP) is 4.69. The summed E-state index contributed by atoms with van der Waals surface area (Å²) in [5.74, 6) is 0.887. The van der Waals surface area contributed by atoms with E-state index in [1.807, 2.05) is 0 Å². The van der Waals surface area contributed by atoms with Gasteiger partial charge in [0.15, 0.2) is 0 Å². The first kappa shape index (κ1) is 13.8. The zero-order valence-corrected chi connectivity index (χ0v) is 11.1. The average molecular weight is 213 g/mol. The van der Waals surface area contributed by atoms with E-state index in [1.165, 1.54) is 10.5 Å². The second kappa shape index (κ2) is 6.28. The van der Waals surface area contributed by atoms with Crippen LogP contribution in [0.2, 0.25) is 0 Å². The highest BCUT2D eigenvalue weighted by atomic mass is 32.2. The molecule has 1 N–H and O–H groups in total. The van der Waals surface area contributed by atoms with Crippen LogP contribution in [0, 0.1) is 17.2 Å². The summed E-state index contributed by atoms with van der Waals surface area (Å²) in [6.45, 7) is 12.9. The summed E-state index contributed by atoms with van der Waals surface area (Å²) in [4.78, 5) is 1.38. The lowest BCUT2D eigenvalue weighted by Crippen LogP contribution is -2.04. The molecule has 0 aromatic carbocycles. The lowest BCUT2D eigenvalue weighted by atomic mass is 10.1. The molecule has 2 heteroatoms. The van der Waals surface area contributed by atoms with E-state index in [2.05, 4.69) is 41.5 Å². The SMILES string of the molecule is CC/C(C)=C(\SC(=N)C(C)C)C(C)C. The fourth-order valence-corrected chi connectivity index (χ4v) is 2.14. The summed E-state index contributed by atoms with van der Waals surface area (Å²) in [7, 11) is 0. The number of thioether (sulfide) groups is 1. The van der Waals surface area contributed by atoms with Crippen molar-refractivity contribution in [1.29, 1.82) is 5.41 Å². The van der Waals surface area contributed by atoms with Crippen LogP contribution < -0.4 is 0 Å². The van der Waals surface area contributed by atoms with Crippen molar-refractivity contribution in [3.8, 4) is 0 Å². The first-order valence-electron chi connectivity index (χ1n) is 5.36. The fraction of sp³-hybridized carbons (Fsp3) is 0.750. The first-order chi connectivity index (χ1) is 6.40. The van der Waals surface area contributed by atoms with E-state index >= 15 is 0 Å². The Labute approximate surface area is 92.9 Å². The normalized spacial score (nSPS) is 13.4. The van der Waals surface area contributed by atoms with E-state index in [9.17, 15) is 0 Å². The molecular formula is C12H23NS. The van der Waals surface area contributed by atoms with Gasteiger partial charge in [0.1, 0.15) is 0 Å². The van der Waals surface area contributed by atoms with Gasteiger partial charge < -0.3 is 0 Å². The molecule has 0 aromatic rings. The summed E-state index contributed by atoms with van der Waals surface area (Å²) in [5, 5.41) is 8.64. The molecule has 0 saturated heterocycles. The third kappa shape index (κ3) is 4.32. The lowest BCUT2D eigenvalue weighted by molar-refractivity contribution is 0.797. The molecular weight excluding hydrogens is 190 g/mol. The number of hydrogen-bond acceptors (Lipinski definition) is 2. The van der Waals surface area contributed by atoms with Gasteiger partial charge in [0.2, 0.25) is 0 Å². The minimum Gasteiger partial charge on any atom is -0.298 e. The van der Waals surface area contributed by atoms with Crippen molar-refractivity contribution in [2.75, 3.05) is 0 Å². The lowest BCUT2D eigenvalue weighted by Gasteiger charge is -2.16. The molecule has 0 radical (unpaired) electrons. The molecule has 0 atom stereocenters. The highest BCUT2D eigenvalue weighted by molar-refractivity contribution is 8.17. The van der Waals surface area contributed by atoms with Crippen molar-refractivity contribution in [3.05, 3.63) is 10.5 Å². The molecule has 0 spiro atoms. The molecule has 1 nitrogen and oxygen atoms in total. The molecule has 14 heavy (non-hydrogen) atoms. The molecule has 0 saturated carbocycles. The van der Waals surface area contributed by atoms with Crippen LogP contribution in [-0.4, -0.2) is 5.04 Å². The first-order valence-corrected chi connectivity index (χ1v) is 6.17. The Bertz CT molecular complexity index is 226. The third-order valence-corrected chi connectivity index (χ3v) is 3.95. The van der Waals surface area contributed by atoms with Crippen LogP contribution in [0.4, 0.5) is 0 Å². The highest BCUT2D eigenvalue weighted by Crippen LogP contribution is 2.31. The fourth-order valence-electron chi connectivity index (χ4n) is 1.11. The molecule has 0 aliphatic carbocycles. The summed E-state index contributed by atoms with van der Waals surface area (Å²) < 4.78 is 0. The van der Waals surface area contributed by atoms with Gasteiger partial charge in [-0.25, -0.2) is 0 Å². The van der Waals surface area contributed by atoms with Crippen molar-refractivity contribution in [3.63, 3.8) is 0 Å². The molecule has 0 aromatic heterocycles. The number of rotatable bonds is 4. The minimum atomic E-state index is 0.346. The van der Waals surface area contributed by atoms with Crippen LogP contribution in [-0.2, 0) is 0 Å².